The van der Waals surface area contributed by atoms with E-state index in [4.69, 9.17) is 11.6 Å². The standard InChI is InChI=1S/C18H15ClN4O/c19-14-7-3-1-5-12(14)17-21-15-8-4-2-6-13(15)18(22-17)23-10-9-20-11-16(23)24/h1-8,20H,9-11H2. The molecule has 1 N–H and O–H groups in total. The number of para-hydroxylation sites is 1. The highest BCUT2D eigenvalue weighted by atomic mass is 35.5. The van der Waals surface area contributed by atoms with Crippen LogP contribution in [0, 0.1) is 0 Å². The highest BCUT2D eigenvalue weighted by Crippen LogP contribution is 2.31. The van der Waals surface area contributed by atoms with E-state index in [-0.39, 0.29) is 5.91 Å². The summed E-state index contributed by atoms with van der Waals surface area (Å²) in [5, 5.41) is 4.53. The Balaban J connectivity index is 1.94. The molecule has 2 heterocycles. The normalized spacial score (nSPS) is 15.0. The van der Waals surface area contributed by atoms with Gasteiger partial charge in [0.25, 0.3) is 0 Å². The summed E-state index contributed by atoms with van der Waals surface area (Å²) in [7, 11) is 0. The Morgan fingerprint density at radius 1 is 1.04 bits per heavy atom. The number of piperazine rings is 1. The number of nitrogens with zero attached hydrogens (tertiary/aromatic N) is 3. The average Bonchev–Trinajstić information content (AvgIpc) is 2.62. The summed E-state index contributed by atoms with van der Waals surface area (Å²) in [5.74, 6) is 1.18. The number of hydrogen-bond acceptors (Lipinski definition) is 4. The molecular formula is C18H15ClN4O. The predicted molar refractivity (Wildman–Crippen MR) is 95.2 cm³/mol. The van der Waals surface area contributed by atoms with Gasteiger partial charge in [-0.3, -0.25) is 9.69 Å². The Kier molecular flexibility index (Phi) is 3.88. The fraction of sp³-hybridized carbons (Fsp3) is 0.167. The third-order valence-corrected chi connectivity index (χ3v) is 4.37. The molecule has 6 heteroatoms. The minimum absolute atomic E-state index is 0.00946. The smallest absolute Gasteiger partial charge is 0.242 e. The molecule has 1 amide bonds. The van der Waals surface area contributed by atoms with Gasteiger partial charge in [0, 0.05) is 24.0 Å². The molecule has 1 aliphatic heterocycles. The lowest BCUT2D eigenvalue weighted by molar-refractivity contribution is -0.118. The van der Waals surface area contributed by atoms with Gasteiger partial charge in [0.15, 0.2) is 5.82 Å². The van der Waals surface area contributed by atoms with Gasteiger partial charge >= 0.3 is 0 Å². The first-order valence-electron chi connectivity index (χ1n) is 7.77. The number of aromatic nitrogens is 2. The third kappa shape index (κ3) is 2.62. The Hall–Kier alpha value is -2.50. The zero-order chi connectivity index (χ0) is 16.5. The monoisotopic (exact) mass is 338 g/mol. The molecule has 2 aromatic carbocycles. The number of halogens is 1. The van der Waals surface area contributed by atoms with E-state index in [1.165, 1.54) is 0 Å². The third-order valence-electron chi connectivity index (χ3n) is 4.04. The molecule has 1 saturated heterocycles. The summed E-state index contributed by atoms with van der Waals surface area (Å²) in [6.07, 6.45) is 0. The summed E-state index contributed by atoms with van der Waals surface area (Å²) < 4.78 is 0. The largest absolute Gasteiger partial charge is 0.307 e. The van der Waals surface area contributed by atoms with E-state index in [0.717, 1.165) is 23.0 Å². The number of carbonyl (C=O) groups is 1. The Bertz CT molecular complexity index is 928. The molecule has 0 aliphatic carbocycles. The zero-order valence-electron chi connectivity index (χ0n) is 12.9. The maximum Gasteiger partial charge on any atom is 0.242 e. The molecule has 24 heavy (non-hydrogen) atoms. The Morgan fingerprint density at radius 2 is 1.83 bits per heavy atom. The van der Waals surface area contributed by atoms with Crippen molar-refractivity contribution in [2.24, 2.45) is 0 Å². The maximum atomic E-state index is 12.3. The van der Waals surface area contributed by atoms with Crippen LogP contribution in [0.5, 0.6) is 0 Å². The maximum absolute atomic E-state index is 12.3. The molecule has 3 aromatic rings. The van der Waals surface area contributed by atoms with Gasteiger partial charge in [-0.1, -0.05) is 35.9 Å². The molecule has 1 aromatic heterocycles. The van der Waals surface area contributed by atoms with Crippen molar-refractivity contribution in [3.8, 4) is 11.4 Å². The van der Waals surface area contributed by atoms with Crippen molar-refractivity contribution in [2.75, 3.05) is 24.5 Å². The van der Waals surface area contributed by atoms with Crippen LogP contribution in [0.25, 0.3) is 22.3 Å². The van der Waals surface area contributed by atoms with Crippen LogP contribution in [0.3, 0.4) is 0 Å². The molecule has 0 saturated carbocycles. The van der Waals surface area contributed by atoms with Crippen LogP contribution in [-0.2, 0) is 4.79 Å². The van der Waals surface area contributed by atoms with Gasteiger partial charge < -0.3 is 5.32 Å². The summed E-state index contributed by atoms with van der Waals surface area (Å²) in [4.78, 5) is 23.4. The second-order valence-corrected chi connectivity index (χ2v) is 6.00. The number of rotatable bonds is 2. The van der Waals surface area contributed by atoms with Gasteiger partial charge in [0.05, 0.1) is 17.1 Å². The molecule has 1 aliphatic rings. The van der Waals surface area contributed by atoms with Gasteiger partial charge in [-0.05, 0) is 24.3 Å². The molecule has 5 nitrogen and oxygen atoms in total. The van der Waals surface area contributed by atoms with Crippen LogP contribution in [-0.4, -0.2) is 35.5 Å². The van der Waals surface area contributed by atoms with Crippen LogP contribution in [0.2, 0.25) is 5.02 Å². The first-order chi connectivity index (χ1) is 11.7. The minimum Gasteiger partial charge on any atom is -0.307 e. The molecule has 0 bridgehead atoms. The summed E-state index contributed by atoms with van der Waals surface area (Å²) in [5.41, 5.74) is 1.55. The van der Waals surface area contributed by atoms with E-state index in [2.05, 4.69) is 15.3 Å². The first kappa shape index (κ1) is 15.1. The molecule has 0 unspecified atom stereocenters. The molecule has 1 fully saturated rings. The Morgan fingerprint density at radius 3 is 2.67 bits per heavy atom. The van der Waals surface area contributed by atoms with E-state index in [9.17, 15) is 4.79 Å². The van der Waals surface area contributed by atoms with Crippen LogP contribution in [0.1, 0.15) is 0 Å². The number of benzene rings is 2. The van der Waals surface area contributed by atoms with E-state index in [1.54, 1.807) is 4.90 Å². The average molecular weight is 339 g/mol. The fourth-order valence-electron chi connectivity index (χ4n) is 2.86. The first-order valence-corrected chi connectivity index (χ1v) is 8.14. The van der Waals surface area contributed by atoms with Gasteiger partial charge in [-0.25, -0.2) is 9.97 Å². The molecular weight excluding hydrogens is 324 g/mol. The Labute approximate surface area is 144 Å². The van der Waals surface area contributed by atoms with E-state index >= 15 is 0 Å². The van der Waals surface area contributed by atoms with Crippen molar-refractivity contribution in [3.63, 3.8) is 0 Å². The summed E-state index contributed by atoms with van der Waals surface area (Å²) in [6.45, 7) is 1.65. The quantitative estimate of drug-likeness (QED) is 0.780. The van der Waals surface area contributed by atoms with Gasteiger partial charge in [-0.2, -0.15) is 0 Å². The number of hydrogen-bond donors (Lipinski definition) is 1. The zero-order valence-corrected chi connectivity index (χ0v) is 13.6. The van der Waals surface area contributed by atoms with Crippen molar-refractivity contribution in [1.82, 2.24) is 15.3 Å². The highest BCUT2D eigenvalue weighted by Gasteiger charge is 2.23. The van der Waals surface area contributed by atoms with E-state index < -0.39 is 0 Å². The van der Waals surface area contributed by atoms with Gasteiger partial charge in [0.1, 0.15) is 5.82 Å². The van der Waals surface area contributed by atoms with Gasteiger partial charge in [0.2, 0.25) is 5.91 Å². The van der Waals surface area contributed by atoms with Crippen molar-refractivity contribution < 1.29 is 4.79 Å². The van der Waals surface area contributed by atoms with E-state index in [0.29, 0.717) is 29.8 Å². The number of fused-ring (bicyclic) bond motifs is 1. The number of anilines is 1. The van der Waals surface area contributed by atoms with Crippen molar-refractivity contribution >= 4 is 34.2 Å². The number of carbonyl (C=O) groups excluding carboxylic acids is 1. The SMILES string of the molecule is O=C1CNCCN1c1nc(-c2ccccc2Cl)nc2ccccc12. The van der Waals surface area contributed by atoms with Crippen LogP contribution < -0.4 is 10.2 Å². The van der Waals surface area contributed by atoms with E-state index in [1.807, 2.05) is 48.5 Å². The number of nitrogens with one attached hydrogen (secondary N) is 1. The number of amides is 1. The van der Waals surface area contributed by atoms with Crippen LogP contribution in [0.15, 0.2) is 48.5 Å². The highest BCUT2D eigenvalue weighted by molar-refractivity contribution is 6.33. The molecule has 120 valence electrons. The summed E-state index contributed by atoms with van der Waals surface area (Å²) >= 11 is 6.31. The molecule has 0 radical (unpaired) electrons. The lowest BCUT2D eigenvalue weighted by atomic mass is 10.1. The predicted octanol–water partition coefficient (Wildman–Crippen LogP) is 2.89. The molecule has 0 atom stereocenters. The lowest BCUT2D eigenvalue weighted by Crippen LogP contribution is -2.48. The molecule has 0 spiro atoms. The topological polar surface area (TPSA) is 58.1 Å². The van der Waals surface area contributed by atoms with Crippen molar-refractivity contribution in [1.29, 1.82) is 0 Å². The second kappa shape index (κ2) is 6.19. The van der Waals surface area contributed by atoms with Crippen molar-refractivity contribution in [2.45, 2.75) is 0 Å². The molecule has 4 rings (SSSR count). The van der Waals surface area contributed by atoms with Crippen LogP contribution >= 0.6 is 11.6 Å². The fourth-order valence-corrected chi connectivity index (χ4v) is 3.08. The second-order valence-electron chi connectivity index (χ2n) is 5.59. The minimum atomic E-state index is 0.00946. The lowest BCUT2D eigenvalue weighted by Gasteiger charge is -2.27. The van der Waals surface area contributed by atoms with Gasteiger partial charge in [-0.15, -0.1) is 0 Å². The summed E-state index contributed by atoms with van der Waals surface area (Å²) in [6, 6.07) is 15.2. The van der Waals surface area contributed by atoms with Crippen LogP contribution in [0.4, 0.5) is 5.82 Å². The van der Waals surface area contributed by atoms with Crippen molar-refractivity contribution in [3.05, 3.63) is 53.6 Å².